The molecule has 4 atom stereocenters. The number of β-lactam (4-membered cyclic amide) rings is 1. The number of carbonyl (C=O) groups excluding carboxylic acids is 4. The molecule has 9 nitrogen and oxygen atoms in total. The number of methoxy groups -OCH3 is 1. The standard InChI is InChI=1S/C18H20N2O7S.2Na/c1-17(2)12(16(25)26)20-14(22)11(18(20,27-3)28-17)19-13(21)10(15(23)24)9-7-5-4-6-8-9;;/h4-8,10-12H,1-3H3,(H,19,21)(H,23,24)(H,25,26);;/q;2*+1/p-2/t10?,11-,12+,18?;;/m1../s1. The molecule has 0 spiro atoms. The number of fused-ring (bicyclic) bond motifs is 1. The van der Waals surface area contributed by atoms with Crippen molar-refractivity contribution in [3.05, 3.63) is 35.9 Å². The monoisotopic (exact) mass is 452 g/mol. The Morgan fingerprint density at radius 2 is 1.73 bits per heavy atom. The Bertz CT molecular complexity index is 854. The van der Waals surface area contributed by atoms with Crippen molar-refractivity contribution in [3.63, 3.8) is 0 Å². The van der Waals surface area contributed by atoms with Crippen LogP contribution in [-0.4, -0.2) is 57.7 Å². The Kier molecular flexibility index (Phi) is 9.07. The van der Waals surface area contributed by atoms with E-state index < -0.39 is 51.6 Å². The topological polar surface area (TPSA) is 139 Å². The van der Waals surface area contributed by atoms with Gasteiger partial charge in [0.2, 0.25) is 11.0 Å². The molecule has 0 radical (unpaired) electrons. The van der Waals surface area contributed by atoms with Crippen LogP contribution in [0.15, 0.2) is 30.3 Å². The van der Waals surface area contributed by atoms with Crippen molar-refractivity contribution in [2.75, 3.05) is 7.11 Å². The van der Waals surface area contributed by atoms with Crippen molar-refractivity contribution < 1.29 is 93.2 Å². The largest absolute Gasteiger partial charge is 1.00 e. The maximum Gasteiger partial charge on any atom is 1.00 e. The fourth-order valence-electron chi connectivity index (χ4n) is 3.75. The number of carboxylic acid groups (broad SMARTS) is 2. The summed E-state index contributed by atoms with van der Waals surface area (Å²) in [6.45, 7) is 3.24. The van der Waals surface area contributed by atoms with Crippen LogP contribution in [0.4, 0.5) is 0 Å². The van der Waals surface area contributed by atoms with Gasteiger partial charge in [-0.25, -0.2) is 0 Å². The van der Waals surface area contributed by atoms with Crippen LogP contribution in [0, 0.1) is 0 Å². The molecule has 12 heteroatoms. The van der Waals surface area contributed by atoms with Crippen LogP contribution in [0.25, 0.3) is 0 Å². The summed E-state index contributed by atoms with van der Waals surface area (Å²) in [4.78, 5) is 49.4. The van der Waals surface area contributed by atoms with E-state index in [-0.39, 0.29) is 64.7 Å². The van der Waals surface area contributed by atoms with Crippen molar-refractivity contribution in [1.82, 2.24) is 10.2 Å². The number of carbonyl (C=O) groups is 4. The van der Waals surface area contributed by atoms with Gasteiger partial charge in [0.25, 0.3) is 5.91 Å². The third-order valence-electron chi connectivity index (χ3n) is 4.94. The first kappa shape index (κ1) is 27.4. The van der Waals surface area contributed by atoms with Crippen LogP contribution >= 0.6 is 11.8 Å². The van der Waals surface area contributed by atoms with E-state index in [1.807, 2.05) is 0 Å². The van der Waals surface area contributed by atoms with E-state index in [1.54, 1.807) is 32.0 Å². The molecule has 1 aromatic carbocycles. The third-order valence-corrected chi connectivity index (χ3v) is 6.58. The van der Waals surface area contributed by atoms with Crippen molar-refractivity contribution >= 4 is 35.5 Å². The normalized spacial score (nSPS) is 26.9. The predicted octanol–water partition coefficient (Wildman–Crippen LogP) is -8.20. The van der Waals surface area contributed by atoms with Gasteiger partial charge in [0.15, 0.2) is 6.04 Å². The number of rotatable bonds is 6. The number of aliphatic carboxylic acids is 2. The Balaban J connectivity index is 0.00000225. The molecule has 3 rings (SSSR count). The summed E-state index contributed by atoms with van der Waals surface area (Å²) in [6.07, 6.45) is 0. The van der Waals surface area contributed by atoms with E-state index in [4.69, 9.17) is 4.74 Å². The van der Waals surface area contributed by atoms with Crippen LogP contribution in [0.3, 0.4) is 0 Å². The van der Waals surface area contributed by atoms with Crippen molar-refractivity contribution in [2.45, 2.75) is 41.7 Å². The minimum absolute atomic E-state index is 0. The predicted molar refractivity (Wildman–Crippen MR) is 93.2 cm³/mol. The average molecular weight is 452 g/mol. The minimum atomic E-state index is -1.63. The number of hydrogen-bond donors (Lipinski definition) is 1. The number of nitrogens with one attached hydrogen (secondary N) is 1. The Labute approximate surface area is 221 Å². The number of amides is 2. The zero-order chi connectivity index (χ0) is 20.9. The van der Waals surface area contributed by atoms with Crippen molar-refractivity contribution in [2.24, 2.45) is 0 Å². The van der Waals surface area contributed by atoms with E-state index in [0.29, 0.717) is 0 Å². The molecule has 0 aromatic heterocycles. The molecule has 2 fully saturated rings. The number of benzene rings is 1. The summed E-state index contributed by atoms with van der Waals surface area (Å²) in [6, 6.07) is 5.23. The smallest absolute Gasteiger partial charge is 0.549 e. The van der Waals surface area contributed by atoms with Crippen LogP contribution in [-0.2, 0) is 23.9 Å². The van der Waals surface area contributed by atoms with E-state index in [0.717, 1.165) is 16.7 Å². The van der Waals surface area contributed by atoms with Gasteiger partial charge in [-0.1, -0.05) is 42.1 Å². The summed E-state index contributed by atoms with van der Waals surface area (Å²) in [5, 5.41) is 24.0. The van der Waals surface area contributed by atoms with E-state index in [9.17, 15) is 29.4 Å². The Hall–Kier alpha value is -0.590. The Morgan fingerprint density at radius 1 is 1.17 bits per heavy atom. The van der Waals surface area contributed by atoms with Gasteiger partial charge in [0, 0.05) is 11.9 Å². The summed E-state index contributed by atoms with van der Waals surface area (Å²) in [7, 11) is 1.28. The molecule has 2 aliphatic rings. The zero-order valence-electron chi connectivity index (χ0n) is 17.3. The molecule has 0 bridgehead atoms. The van der Waals surface area contributed by atoms with Gasteiger partial charge in [0.05, 0.1) is 18.0 Å². The van der Waals surface area contributed by atoms with E-state index in [2.05, 4.69) is 5.32 Å². The minimum Gasteiger partial charge on any atom is -0.549 e. The summed E-state index contributed by atoms with van der Waals surface area (Å²) in [5.74, 6) is -6.32. The van der Waals surface area contributed by atoms with Gasteiger partial charge in [-0.3, -0.25) is 14.5 Å². The second-order valence-corrected chi connectivity index (χ2v) is 8.92. The first-order valence-corrected chi connectivity index (χ1v) is 9.24. The molecular weight excluding hydrogens is 434 g/mol. The summed E-state index contributed by atoms with van der Waals surface area (Å²) in [5.41, 5.74) is 0.196. The van der Waals surface area contributed by atoms with Crippen LogP contribution < -0.4 is 74.6 Å². The Morgan fingerprint density at radius 3 is 2.20 bits per heavy atom. The maximum absolute atomic E-state index is 12.7. The van der Waals surface area contributed by atoms with Crippen LogP contribution in [0.5, 0.6) is 0 Å². The SMILES string of the molecule is COC12SC(C)(C)[C@H](C(=O)[O-])N1C(=O)[C@H]2NC(=O)C(C(=O)[O-])c1ccccc1.[Na+].[Na+]. The first-order chi connectivity index (χ1) is 13.1. The van der Waals surface area contributed by atoms with E-state index >= 15 is 0 Å². The van der Waals surface area contributed by atoms with Gasteiger partial charge in [-0.2, -0.15) is 0 Å². The average Bonchev–Trinajstić information content (AvgIpc) is 2.85. The second-order valence-electron chi connectivity index (χ2n) is 7.07. The summed E-state index contributed by atoms with van der Waals surface area (Å²) < 4.78 is 4.50. The molecule has 30 heavy (non-hydrogen) atoms. The molecule has 2 heterocycles. The molecule has 2 unspecified atom stereocenters. The van der Waals surface area contributed by atoms with Gasteiger partial charge < -0.3 is 29.9 Å². The second kappa shape index (κ2) is 9.91. The maximum atomic E-state index is 12.7. The van der Waals surface area contributed by atoms with Crippen LogP contribution in [0.1, 0.15) is 25.3 Å². The molecule has 1 N–H and O–H groups in total. The van der Waals surface area contributed by atoms with E-state index in [1.165, 1.54) is 19.2 Å². The number of nitrogens with zero attached hydrogens (tertiary/aromatic N) is 1. The number of thioether (sulfide) groups is 1. The zero-order valence-corrected chi connectivity index (χ0v) is 22.1. The van der Waals surface area contributed by atoms with Gasteiger partial charge in [0.1, 0.15) is 5.92 Å². The molecule has 1 aromatic rings. The first-order valence-electron chi connectivity index (χ1n) is 8.42. The molecule has 0 saturated carbocycles. The van der Waals surface area contributed by atoms with Crippen LogP contribution in [0.2, 0.25) is 0 Å². The molecule has 0 aliphatic carbocycles. The fraction of sp³-hybridized carbons (Fsp3) is 0.444. The molecule has 150 valence electrons. The molecular formula is C18H18N2Na2O7S. The van der Waals surface area contributed by atoms with Crippen molar-refractivity contribution in [1.29, 1.82) is 0 Å². The van der Waals surface area contributed by atoms with Gasteiger partial charge in [-0.15, -0.1) is 0 Å². The molecule has 2 amide bonds. The van der Waals surface area contributed by atoms with Crippen molar-refractivity contribution in [3.8, 4) is 0 Å². The number of carboxylic acids is 2. The van der Waals surface area contributed by atoms with Gasteiger partial charge >= 0.3 is 59.1 Å². The number of ether oxygens (including phenoxy) is 1. The molecule has 2 aliphatic heterocycles. The molecule has 2 saturated heterocycles. The third kappa shape index (κ3) is 4.33. The number of hydrogen-bond acceptors (Lipinski definition) is 8. The summed E-state index contributed by atoms with van der Waals surface area (Å²) >= 11 is 1.06. The fourth-order valence-corrected chi connectivity index (χ4v) is 5.47. The quantitative estimate of drug-likeness (QED) is 0.255. The van der Waals surface area contributed by atoms with Gasteiger partial charge in [-0.05, 0) is 19.4 Å².